The highest BCUT2D eigenvalue weighted by atomic mass is 32.2. The molecule has 0 saturated carbocycles. The summed E-state index contributed by atoms with van der Waals surface area (Å²) in [5.41, 5.74) is 2.85. The third kappa shape index (κ3) is 5.14. The number of hydrogen-bond donors (Lipinski definition) is 1. The summed E-state index contributed by atoms with van der Waals surface area (Å²) >= 11 is 3.36. The molecule has 25 heavy (non-hydrogen) atoms. The number of benzene rings is 1. The summed E-state index contributed by atoms with van der Waals surface area (Å²) in [6.07, 6.45) is 0.522. The predicted octanol–water partition coefficient (Wildman–Crippen LogP) is 3.41. The molecule has 0 fully saturated rings. The van der Waals surface area contributed by atoms with E-state index < -0.39 is 0 Å². The maximum atomic E-state index is 12.1. The van der Waals surface area contributed by atoms with Gasteiger partial charge in [0.2, 0.25) is 5.89 Å². The number of thiazole rings is 1. The van der Waals surface area contributed by atoms with Gasteiger partial charge in [0.25, 0.3) is 5.91 Å². The molecule has 8 heteroatoms. The quantitative estimate of drug-likeness (QED) is 0.638. The van der Waals surface area contributed by atoms with Gasteiger partial charge in [0.15, 0.2) is 5.82 Å². The Bertz CT molecular complexity index is 842. The monoisotopic (exact) mass is 374 g/mol. The van der Waals surface area contributed by atoms with Crippen LogP contribution < -0.4 is 5.32 Å². The summed E-state index contributed by atoms with van der Waals surface area (Å²) in [6, 6.07) is 7.64. The number of carbonyl (C=O) groups is 1. The number of aryl methyl sites for hydroxylation is 2. The summed E-state index contributed by atoms with van der Waals surface area (Å²) in [6.45, 7) is 4.22. The number of nitrogens with zero attached hydrogens (tertiary/aromatic N) is 3. The molecule has 0 atom stereocenters. The normalized spacial score (nSPS) is 10.8. The van der Waals surface area contributed by atoms with Gasteiger partial charge in [-0.3, -0.25) is 4.79 Å². The zero-order valence-electron chi connectivity index (χ0n) is 14.0. The number of thioether (sulfide) groups is 1. The van der Waals surface area contributed by atoms with Crippen LogP contribution in [0.4, 0.5) is 0 Å². The van der Waals surface area contributed by atoms with Crippen LogP contribution in [-0.4, -0.2) is 27.6 Å². The molecule has 0 radical (unpaired) electrons. The van der Waals surface area contributed by atoms with Gasteiger partial charge < -0.3 is 9.84 Å². The van der Waals surface area contributed by atoms with Gasteiger partial charge in [0, 0.05) is 35.4 Å². The zero-order valence-corrected chi connectivity index (χ0v) is 15.6. The standard InChI is InChI=1S/C17H18N4O2S2/c1-11-9-24-17(19-11)25-10-13-3-5-14(6-4-13)16(22)18-8-7-15-20-12(2)21-23-15/h3-6,9H,7-8,10H2,1-2H3,(H,18,22). The molecule has 0 unspecified atom stereocenters. The Morgan fingerprint density at radius 2 is 2.04 bits per heavy atom. The average molecular weight is 374 g/mol. The molecule has 0 saturated heterocycles. The molecule has 2 aromatic heterocycles. The van der Waals surface area contributed by atoms with Crippen LogP contribution in [0.15, 0.2) is 38.5 Å². The van der Waals surface area contributed by atoms with Crippen molar-refractivity contribution in [2.24, 2.45) is 0 Å². The van der Waals surface area contributed by atoms with Crippen molar-refractivity contribution in [1.82, 2.24) is 20.4 Å². The molecule has 0 spiro atoms. The van der Waals surface area contributed by atoms with E-state index in [1.165, 1.54) is 0 Å². The Hall–Kier alpha value is -2.19. The molecular weight excluding hydrogens is 356 g/mol. The van der Waals surface area contributed by atoms with Crippen LogP contribution in [-0.2, 0) is 12.2 Å². The van der Waals surface area contributed by atoms with Crippen molar-refractivity contribution >= 4 is 29.0 Å². The van der Waals surface area contributed by atoms with E-state index in [0.717, 1.165) is 21.3 Å². The number of carbonyl (C=O) groups excluding carboxylic acids is 1. The molecule has 0 aliphatic carbocycles. The van der Waals surface area contributed by atoms with Gasteiger partial charge in [0.05, 0.1) is 0 Å². The summed E-state index contributed by atoms with van der Waals surface area (Å²) in [7, 11) is 0. The van der Waals surface area contributed by atoms with Gasteiger partial charge in [-0.25, -0.2) is 4.98 Å². The molecular formula is C17H18N4O2S2. The molecule has 6 nitrogen and oxygen atoms in total. The third-order valence-corrected chi connectivity index (χ3v) is 5.58. The second-order valence-electron chi connectivity index (χ2n) is 5.48. The highest BCUT2D eigenvalue weighted by Crippen LogP contribution is 2.26. The van der Waals surface area contributed by atoms with E-state index in [9.17, 15) is 4.79 Å². The van der Waals surface area contributed by atoms with Crippen molar-refractivity contribution in [3.05, 3.63) is 58.2 Å². The molecule has 3 aromatic rings. The number of rotatable bonds is 7. The van der Waals surface area contributed by atoms with Crippen molar-refractivity contribution in [1.29, 1.82) is 0 Å². The van der Waals surface area contributed by atoms with Gasteiger partial charge in [0.1, 0.15) is 4.34 Å². The lowest BCUT2D eigenvalue weighted by atomic mass is 10.1. The topological polar surface area (TPSA) is 80.9 Å². The second-order valence-corrected chi connectivity index (χ2v) is 7.56. The van der Waals surface area contributed by atoms with Crippen molar-refractivity contribution < 1.29 is 9.32 Å². The minimum Gasteiger partial charge on any atom is -0.352 e. The van der Waals surface area contributed by atoms with Gasteiger partial charge in [-0.1, -0.05) is 29.1 Å². The molecule has 3 rings (SSSR count). The van der Waals surface area contributed by atoms with Gasteiger partial charge in [-0.15, -0.1) is 11.3 Å². The van der Waals surface area contributed by atoms with Crippen LogP contribution >= 0.6 is 23.1 Å². The summed E-state index contributed by atoms with van der Waals surface area (Å²) in [4.78, 5) is 20.7. The smallest absolute Gasteiger partial charge is 0.251 e. The van der Waals surface area contributed by atoms with Crippen LogP contribution in [0.1, 0.15) is 33.3 Å². The van der Waals surface area contributed by atoms with E-state index in [1.807, 2.05) is 36.6 Å². The van der Waals surface area contributed by atoms with E-state index in [2.05, 4.69) is 20.4 Å². The molecule has 0 aliphatic rings. The van der Waals surface area contributed by atoms with Gasteiger partial charge in [-0.05, 0) is 31.5 Å². The van der Waals surface area contributed by atoms with Gasteiger partial charge >= 0.3 is 0 Å². The first-order valence-corrected chi connectivity index (χ1v) is 9.68. The summed E-state index contributed by atoms with van der Waals surface area (Å²) in [5, 5.41) is 8.62. The second kappa shape index (κ2) is 8.26. The fourth-order valence-electron chi connectivity index (χ4n) is 2.12. The Kier molecular flexibility index (Phi) is 5.83. The Morgan fingerprint density at radius 3 is 2.68 bits per heavy atom. The Balaban J connectivity index is 1.46. The highest BCUT2D eigenvalue weighted by Gasteiger charge is 2.08. The number of hydrogen-bond acceptors (Lipinski definition) is 7. The first kappa shape index (κ1) is 17.6. The molecule has 0 aliphatic heterocycles. The van der Waals surface area contributed by atoms with E-state index >= 15 is 0 Å². The number of nitrogens with one attached hydrogen (secondary N) is 1. The van der Waals surface area contributed by atoms with E-state index in [4.69, 9.17) is 4.52 Å². The molecule has 0 bridgehead atoms. The summed E-state index contributed by atoms with van der Waals surface area (Å²) in [5.74, 6) is 1.86. The SMILES string of the molecule is Cc1csc(SCc2ccc(C(=O)NCCc3nc(C)no3)cc2)n1. The largest absolute Gasteiger partial charge is 0.352 e. The van der Waals surface area contributed by atoms with Crippen LogP contribution in [0.25, 0.3) is 0 Å². The van der Waals surface area contributed by atoms with Gasteiger partial charge in [-0.2, -0.15) is 4.98 Å². The highest BCUT2D eigenvalue weighted by molar-refractivity contribution is 8.00. The maximum absolute atomic E-state index is 12.1. The number of amides is 1. The third-order valence-electron chi connectivity index (χ3n) is 3.37. The van der Waals surface area contributed by atoms with Crippen LogP contribution in [0.5, 0.6) is 0 Å². The minimum atomic E-state index is -0.106. The number of aromatic nitrogens is 3. The van der Waals surface area contributed by atoms with Crippen molar-refractivity contribution in [2.75, 3.05) is 6.54 Å². The van der Waals surface area contributed by atoms with Crippen LogP contribution in [0.3, 0.4) is 0 Å². The van der Waals surface area contributed by atoms with Crippen molar-refractivity contribution in [3.8, 4) is 0 Å². The Labute approximate surface area is 154 Å². The fourth-order valence-corrected chi connectivity index (χ4v) is 3.93. The first-order valence-electron chi connectivity index (χ1n) is 7.81. The molecule has 1 N–H and O–H groups in total. The lowest BCUT2D eigenvalue weighted by Gasteiger charge is -2.05. The van der Waals surface area contributed by atoms with Crippen LogP contribution in [0, 0.1) is 13.8 Å². The Morgan fingerprint density at radius 1 is 1.24 bits per heavy atom. The molecule has 2 heterocycles. The maximum Gasteiger partial charge on any atom is 0.251 e. The van der Waals surface area contributed by atoms with Crippen molar-refractivity contribution in [3.63, 3.8) is 0 Å². The predicted molar refractivity (Wildman–Crippen MR) is 97.9 cm³/mol. The van der Waals surface area contributed by atoms with E-state index in [0.29, 0.717) is 30.2 Å². The fraction of sp³-hybridized carbons (Fsp3) is 0.294. The van der Waals surface area contributed by atoms with E-state index in [1.54, 1.807) is 30.0 Å². The molecule has 130 valence electrons. The molecule has 1 amide bonds. The van der Waals surface area contributed by atoms with E-state index in [-0.39, 0.29) is 5.91 Å². The minimum absolute atomic E-state index is 0.106. The summed E-state index contributed by atoms with van der Waals surface area (Å²) < 4.78 is 6.08. The van der Waals surface area contributed by atoms with Crippen molar-refractivity contribution in [2.45, 2.75) is 30.4 Å². The lowest BCUT2D eigenvalue weighted by Crippen LogP contribution is -2.25. The zero-order chi connectivity index (χ0) is 17.6. The lowest BCUT2D eigenvalue weighted by molar-refractivity contribution is 0.0953. The molecule has 1 aromatic carbocycles. The average Bonchev–Trinajstić information content (AvgIpc) is 3.21. The first-order chi connectivity index (χ1) is 12.1. The van der Waals surface area contributed by atoms with Crippen LogP contribution in [0.2, 0.25) is 0 Å².